The van der Waals surface area contributed by atoms with E-state index in [2.05, 4.69) is 251 Å². The normalized spacial score (nSPS) is 20.2. The van der Waals surface area contributed by atoms with Gasteiger partial charge in [0, 0.05) is 24.5 Å². The summed E-state index contributed by atoms with van der Waals surface area (Å²) < 4.78 is 75.8. The number of para-hydroxylation sites is 2. The number of halogens is 6. The Kier molecular flexibility index (Phi) is 51.9. The van der Waals surface area contributed by atoms with Crippen molar-refractivity contribution in [2.45, 2.75) is 93.9 Å². The molecule has 33 heteroatoms. The van der Waals surface area contributed by atoms with E-state index < -0.39 is 52.2 Å². The molecule has 0 unspecified atom stereocenters. The first-order chi connectivity index (χ1) is 61.0. The molecule has 6 aromatic rings. The van der Waals surface area contributed by atoms with Crippen molar-refractivity contribution in [1.82, 2.24) is 42.0 Å². The van der Waals surface area contributed by atoms with Crippen molar-refractivity contribution >= 4 is 142 Å². The van der Waals surface area contributed by atoms with Crippen LogP contribution in [0.5, 0.6) is 0 Å². The molecular weight excluding hydrogens is 2380 g/mol. The van der Waals surface area contributed by atoms with Crippen molar-refractivity contribution in [2.24, 2.45) is 0 Å². The van der Waals surface area contributed by atoms with E-state index in [4.69, 9.17) is 81.4 Å². The quantitative estimate of drug-likeness (QED) is 0.0372. The van der Waals surface area contributed by atoms with Crippen molar-refractivity contribution in [3.63, 3.8) is 0 Å². The smallest absolute Gasteiger partial charge is 0 e. The van der Waals surface area contributed by atoms with Crippen LogP contribution in [-0.4, -0.2) is 300 Å². The third kappa shape index (κ3) is 32.1. The fourth-order valence-electron chi connectivity index (χ4n) is 17.5. The molecule has 0 bridgehead atoms. The zero-order chi connectivity index (χ0) is 87.8. The molecule has 129 heavy (non-hydrogen) atoms. The third-order valence-electron chi connectivity index (χ3n) is 23.7. The monoisotopic (exact) mass is 2520 g/mol. The van der Waals surface area contributed by atoms with Crippen molar-refractivity contribution in [3.05, 3.63) is 226 Å². The molecule has 10 heterocycles. The Morgan fingerprint density at radius 1 is 0.310 bits per heavy atom. The number of ether oxygens (including phenoxy) is 9. The minimum absolute atomic E-state index is 0. The zero-order valence-electron chi connectivity index (χ0n) is 75.3. The molecule has 0 amide bonds. The topological polar surface area (TPSA) is 119 Å². The van der Waals surface area contributed by atoms with Crippen LogP contribution in [0.25, 0.3) is 11.1 Å². The number of morpholine rings is 9. The fraction of sp³-hybridized carbons (Fsp3) is 0.542. The van der Waals surface area contributed by atoms with Gasteiger partial charge in [0.1, 0.15) is 0 Å². The summed E-state index contributed by atoms with van der Waals surface area (Å²) in [6.07, 6.45) is 7.69. The van der Waals surface area contributed by atoms with E-state index in [-0.39, 0.29) is 31.8 Å². The molecule has 10 fully saturated rings. The first-order valence-electron chi connectivity index (χ1n) is 44.7. The zero-order valence-corrected chi connectivity index (χ0v) is 92.0. The van der Waals surface area contributed by atoms with Gasteiger partial charge in [-0.2, -0.15) is 6.67 Å². The number of fused-ring (bicyclic) bond motifs is 2. The van der Waals surface area contributed by atoms with Crippen LogP contribution in [0.1, 0.15) is 150 Å². The summed E-state index contributed by atoms with van der Waals surface area (Å²) in [6, 6.07) is 51.0. The number of anilines is 2. The average Bonchev–Trinajstić information content (AvgIpc) is 1.65. The molecule has 0 saturated carbocycles. The second kappa shape index (κ2) is 59.8. The van der Waals surface area contributed by atoms with Crippen molar-refractivity contribution in [3.8, 4) is 0 Å². The molecule has 0 aromatic heterocycles. The van der Waals surface area contributed by atoms with Crippen LogP contribution in [0, 0.1) is 12.9 Å². The Morgan fingerprint density at radius 2 is 0.496 bits per heavy atom. The Labute approximate surface area is 825 Å². The summed E-state index contributed by atoms with van der Waals surface area (Å²) in [7, 11) is 23.9. The summed E-state index contributed by atoms with van der Waals surface area (Å²) in [5.41, 5.74) is 18.4. The Morgan fingerprint density at radius 3 is 0.682 bits per heavy atom. The molecule has 0 N–H and O–H groups in total. The summed E-state index contributed by atoms with van der Waals surface area (Å²) in [5.74, 6) is 2.06. The van der Waals surface area contributed by atoms with Gasteiger partial charge in [-0.25, -0.2) is 0 Å². The van der Waals surface area contributed by atoms with Gasteiger partial charge < -0.3 is 52.4 Å². The molecule has 0 atom stereocenters. The average molecular weight is 2530 g/mol. The molecule has 20 nitrogen and oxygen atoms in total. The van der Waals surface area contributed by atoms with Gasteiger partial charge in [-0.1, -0.05) is 107 Å². The Bertz CT molecular complexity index is 3860. The minimum atomic E-state index is -1.88. The van der Waals surface area contributed by atoms with E-state index in [0.29, 0.717) is 23.7 Å². The molecule has 12 aliphatic rings. The van der Waals surface area contributed by atoms with E-state index in [1.54, 1.807) is 0 Å². The number of benzene rings is 6. The maximum Gasteiger partial charge on any atom is 0 e. The summed E-state index contributed by atoms with van der Waals surface area (Å²) in [6.45, 7) is 58.0. The summed E-state index contributed by atoms with van der Waals surface area (Å²) >= 11 is -1.67. The number of nitrogens with zero attached hydrogens (tertiary/aromatic N) is 11. The van der Waals surface area contributed by atoms with Gasteiger partial charge in [-0.15, -0.1) is 59.0 Å². The van der Waals surface area contributed by atoms with Crippen LogP contribution in [0.4, 0.5) is 11.4 Å². The first kappa shape index (κ1) is 112. The molecule has 18 rings (SSSR count). The van der Waals surface area contributed by atoms with Crippen molar-refractivity contribution in [2.75, 3.05) is 260 Å². The number of allylic oxidation sites excluding steroid dienone is 2. The first-order valence-corrected chi connectivity index (χ1v) is 63.0. The second-order valence-corrected chi connectivity index (χ2v) is 54.3. The van der Waals surface area contributed by atoms with E-state index in [9.17, 15) is 0 Å². The van der Waals surface area contributed by atoms with Crippen molar-refractivity contribution in [1.29, 1.82) is 0 Å². The van der Waals surface area contributed by atoms with Crippen LogP contribution < -0.4 is 9.80 Å². The van der Waals surface area contributed by atoms with E-state index in [1.165, 1.54) is 87.1 Å². The molecule has 1 radical (unpaired) electrons. The van der Waals surface area contributed by atoms with Gasteiger partial charge >= 0.3 is 240 Å². The standard InChI is InChI=1S/C27H39N2.2C15H10.3C12H24N3O3P.CH2IS.2CH4.BrH.4ClH.Es.2Ru/c1-18(2)22-11-9-12-23(19(3)4)26(22)28-15-16-29(17-28)27-24(20(5)6)13-10-14-25(27)21(7)8;2*1-2-6-12(7-3-1)15-11-10-13-8-4-5-9-14(13)15;3*1-7-16-8-2-13(1)19(14-3-9-17-10-4-14)15-5-11-18-12-6-15;1-3-2;;;;;;;;;;/h9-14,17-21H,15-16H2,1-8H3;2*1-9,11H;3*1-12H2;1H2;2*1H4;5*1H;;;/q-1;;;;;;-1;;;;;;;;;2*+2/p-1. The fourth-order valence-corrected chi connectivity index (χ4v) is 31.3. The number of rotatable bonds is 17. The molecular formula is C96H145BrCl4EsIN11O9P3Ru2S+. The van der Waals surface area contributed by atoms with Crippen LogP contribution in [0.15, 0.2) is 158 Å². The molecule has 727 valence electrons. The molecule has 10 aliphatic heterocycles. The van der Waals surface area contributed by atoms with E-state index in [0.717, 1.165) is 258 Å². The Balaban J connectivity index is 0.000000190. The van der Waals surface area contributed by atoms with Crippen LogP contribution in [0.2, 0.25) is 0 Å². The van der Waals surface area contributed by atoms with Crippen LogP contribution in [-0.2, 0) is 69.7 Å². The third-order valence-corrected chi connectivity index (χ3v) is 39.1. The maximum atomic E-state index is 6.19. The largest absolute Gasteiger partial charge is 0 e. The number of hydrogen-bond acceptors (Lipinski definition) is 21. The van der Waals surface area contributed by atoms with E-state index >= 15 is 0 Å². The molecule has 2 aliphatic carbocycles. The van der Waals surface area contributed by atoms with Crippen LogP contribution >= 0.6 is 111 Å². The predicted molar refractivity (Wildman–Crippen MR) is 557 cm³/mol. The summed E-state index contributed by atoms with van der Waals surface area (Å²) in [5, 5.41) is 0. The van der Waals surface area contributed by atoms with Gasteiger partial charge in [-0.3, -0.25) is 15.2 Å². The molecule has 10 saturated heterocycles. The SMILES string of the molecule is Br.C.C.C1CN([PH+](N2CCOCC2)N2CCOCC2)CCO1.C1CN([PH+](N2CCOCC2)N2CCOCC2)CCO1.C1CN([PH+](N2CCOCC2)N2CCOCC2)CCO1.CC(C)c1cccc(C(C)C)c1N1[CH-]N(c2c(C(C)C)cccc2C(C)C)CC1.[CH2-]SI.[Cl][Ru]([Cl])=[C]1C=C(c2ccccc2)c2ccccc21.[Cl][Ru]([Cl])=[C]1C=C(c2ccccc2)c2ccccc21.[Es]. The van der Waals surface area contributed by atoms with Gasteiger partial charge in [0.2, 0.25) is 25.1 Å². The molecule has 0 spiro atoms. The van der Waals surface area contributed by atoms with Gasteiger partial charge in [0.25, 0.3) is 0 Å². The minimum Gasteiger partial charge on any atom is 0 e. The maximum absolute atomic E-state index is 6.19. The predicted octanol–water partition coefficient (Wildman–Crippen LogP) is 20.3. The van der Waals surface area contributed by atoms with Crippen LogP contribution in [0.3, 0.4) is 0 Å². The van der Waals surface area contributed by atoms with Crippen molar-refractivity contribution < 1.29 is 69.7 Å². The summed E-state index contributed by atoms with van der Waals surface area (Å²) in [4.78, 5) is 5.01. The number of hydrogen-bond donors (Lipinski definition) is 0. The van der Waals surface area contributed by atoms with Gasteiger partial charge in [-0.05, 0) is 67.1 Å². The molecule has 6 aromatic carbocycles. The van der Waals surface area contributed by atoms with Gasteiger partial charge in [0.15, 0.2) is 0 Å². The van der Waals surface area contributed by atoms with Gasteiger partial charge in [0.05, 0.1) is 237 Å². The Hall–Kier alpha value is -2.32. The van der Waals surface area contributed by atoms with E-state index in [1.807, 2.05) is 48.5 Å². The second-order valence-electron chi connectivity index (χ2n) is 33.1.